The van der Waals surface area contributed by atoms with Crippen LogP contribution in [-0.2, 0) is 14.3 Å². The first kappa shape index (κ1) is 15.7. The lowest BCUT2D eigenvalue weighted by atomic mass is 9.76. The number of fused-ring (bicyclic) bond motifs is 1. The van der Waals surface area contributed by atoms with Crippen LogP contribution >= 0.6 is 0 Å². The van der Waals surface area contributed by atoms with Crippen LogP contribution in [0, 0.1) is 19.8 Å². The molecule has 0 saturated heterocycles. The second-order valence-electron chi connectivity index (χ2n) is 6.28. The van der Waals surface area contributed by atoms with Gasteiger partial charge in [0, 0.05) is 6.42 Å². The minimum Gasteiger partial charge on any atom is -0.465 e. The Morgan fingerprint density at radius 2 is 2.17 bits per heavy atom. The van der Waals surface area contributed by atoms with E-state index in [4.69, 9.17) is 4.74 Å². The number of imidazole rings is 1. The molecule has 3 rings (SSSR count). The summed E-state index contributed by atoms with van der Waals surface area (Å²) < 4.78 is 5.02. The molecule has 1 aromatic carbocycles. The Morgan fingerprint density at radius 1 is 1.39 bits per heavy atom. The molecule has 2 atom stereocenters. The topological polar surface area (TPSA) is 72.1 Å². The van der Waals surface area contributed by atoms with Gasteiger partial charge in [-0.3, -0.25) is 9.59 Å². The third kappa shape index (κ3) is 2.76. The van der Waals surface area contributed by atoms with Crippen molar-refractivity contribution in [2.24, 2.45) is 5.92 Å². The first-order valence-corrected chi connectivity index (χ1v) is 8.15. The van der Waals surface area contributed by atoms with Crippen LogP contribution in [-0.4, -0.2) is 28.3 Å². The predicted octanol–water partition coefficient (Wildman–Crippen LogP) is 3.20. The van der Waals surface area contributed by atoms with Gasteiger partial charge in [-0.25, -0.2) is 4.98 Å². The van der Waals surface area contributed by atoms with E-state index in [1.54, 1.807) is 13.3 Å². The molecule has 0 bridgehead atoms. The second kappa shape index (κ2) is 6.14. The Labute approximate surface area is 135 Å². The SMILES string of the molecule is CCOC(=O)C1CCC(c2c(C)c(C)cc3[nH]cnc23)CC1=O. The molecule has 1 aromatic heterocycles. The maximum atomic E-state index is 12.4. The van der Waals surface area contributed by atoms with Gasteiger partial charge in [0.05, 0.1) is 24.0 Å². The normalized spacial score (nSPS) is 21.6. The zero-order chi connectivity index (χ0) is 16.6. The fraction of sp³-hybridized carbons (Fsp3) is 0.500. The van der Waals surface area contributed by atoms with Gasteiger partial charge in [0.2, 0.25) is 0 Å². The highest BCUT2D eigenvalue weighted by atomic mass is 16.5. The first-order valence-electron chi connectivity index (χ1n) is 8.15. The zero-order valence-electron chi connectivity index (χ0n) is 13.8. The van der Waals surface area contributed by atoms with Gasteiger partial charge in [-0.15, -0.1) is 0 Å². The summed E-state index contributed by atoms with van der Waals surface area (Å²) in [6.07, 6.45) is 3.44. The Balaban J connectivity index is 1.90. The van der Waals surface area contributed by atoms with E-state index in [9.17, 15) is 9.59 Å². The van der Waals surface area contributed by atoms with Gasteiger partial charge in [-0.1, -0.05) is 0 Å². The number of ether oxygens (including phenoxy) is 1. The van der Waals surface area contributed by atoms with Gasteiger partial charge in [0.25, 0.3) is 0 Å². The molecule has 122 valence electrons. The lowest BCUT2D eigenvalue weighted by Gasteiger charge is -2.28. The molecule has 0 aliphatic heterocycles. The summed E-state index contributed by atoms with van der Waals surface area (Å²) in [6.45, 7) is 6.24. The molecule has 1 fully saturated rings. The average molecular weight is 314 g/mol. The van der Waals surface area contributed by atoms with E-state index in [1.165, 1.54) is 11.1 Å². The number of nitrogens with zero attached hydrogens (tertiary/aromatic N) is 1. The van der Waals surface area contributed by atoms with Gasteiger partial charge in [0.15, 0.2) is 0 Å². The van der Waals surface area contributed by atoms with Crippen molar-refractivity contribution >= 4 is 22.8 Å². The first-order chi connectivity index (χ1) is 11.0. The highest BCUT2D eigenvalue weighted by molar-refractivity contribution is 6.00. The predicted molar refractivity (Wildman–Crippen MR) is 87.3 cm³/mol. The number of aryl methyl sites for hydroxylation is 1. The molecule has 23 heavy (non-hydrogen) atoms. The molecular weight excluding hydrogens is 292 g/mol. The smallest absolute Gasteiger partial charge is 0.316 e. The third-order valence-corrected chi connectivity index (χ3v) is 4.90. The van der Waals surface area contributed by atoms with Crippen molar-refractivity contribution in [2.45, 2.75) is 46.0 Å². The molecule has 0 spiro atoms. The van der Waals surface area contributed by atoms with Crippen LogP contribution in [0.25, 0.3) is 11.0 Å². The molecule has 2 unspecified atom stereocenters. The standard InChI is InChI=1S/C18H22N2O3/c1-4-23-18(22)13-6-5-12(8-15(13)21)16-11(3)10(2)7-14-17(16)20-9-19-14/h7,9,12-13H,4-6,8H2,1-3H3,(H,19,20). The molecule has 0 amide bonds. The van der Waals surface area contributed by atoms with Crippen molar-refractivity contribution in [1.82, 2.24) is 9.97 Å². The molecule has 1 saturated carbocycles. The van der Waals surface area contributed by atoms with E-state index in [0.717, 1.165) is 23.0 Å². The fourth-order valence-corrected chi connectivity index (χ4v) is 3.60. The number of nitrogens with one attached hydrogen (secondary N) is 1. The number of hydrogen-bond donors (Lipinski definition) is 1. The van der Waals surface area contributed by atoms with E-state index < -0.39 is 5.92 Å². The van der Waals surface area contributed by atoms with Crippen LogP contribution < -0.4 is 0 Å². The van der Waals surface area contributed by atoms with E-state index >= 15 is 0 Å². The molecule has 5 heteroatoms. The van der Waals surface area contributed by atoms with Gasteiger partial charge in [0.1, 0.15) is 11.7 Å². The number of carbonyl (C=O) groups excluding carboxylic acids is 2. The fourth-order valence-electron chi connectivity index (χ4n) is 3.60. The van der Waals surface area contributed by atoms with Crippen LogP contribution in [0.15, 0.2) is 12.4 Å². The monoisotopic (exact) mass is 314 g/mol. The van der Waals surface area contributed by atoms with Crippen LogP contribution in [0.1, 0.15) is 48.8 Å². The van der Waals surface area contributed by atoms with Crippen molar-refractivity contribution in [3.05, 3.63) is 29.1 Å². The molecule has 1 aliphatic rings. The van der Waals surface area contributed by atoms with Crippen molar-refractivity contribution in [3.63, 3.8) is 0 Å². The molecular formula is C18H22N2O3. The maximum absolute atomic E-state index is 12.4. The number of hydrogen-bond acceptors (Lipinski definition) is 4. The molecule has 2 aromatic rings. The van der Waals surface area contributed by atoms with Gasteiger partial charge in [-0.2, -0.15) is 0 Å². The lowest BCUT2D eigenvalue weighted by Crippen LogP contribution is -2.32. The Hall–Kier alpha value is -2.17. The summed E-state index contributed by atoms with van der Waals surface area (Å²) in [4.78, 5) is 31.9. The van der Waals surface area contributed by atoms with Gasteiger partial charge >= 0.3 is 5.97 Å². The quantitative estimate of drug-likeness (QED) is 0.697. The summed E-state index contributed by atoms with van der Waals surface area (Å²) in [5.41, 5.74) is 5.48. The van der Waals surface area contributed by atoms with E-state index in [2.05, 4.69) is 29.9 Å². The highest BCUT2D eigenvalue weighted by Gasteiger charge is 2.36. The number of benzene rings is 1. The molecule has 1 N–H and O–H groups in total. The van der Waals surface area contributed by atoms with Crippen molar-refractivity contribution in [1.29, 1.82) is 0 Å². The van der Waals surface area contributed by atoms with Crippen molar-refractivity contribution in [3.8, 4) is 0 Å². The van der Waals surface area contributed by atoms with E-state index in [1.807, 2.05) is 0 Å². The largest absolute Gasteiger partial charge is 0.465 e. The van der Waals surface area contributed by atoms with Crippen LogP contribution in [0.5, 0.6) is 0 Å². The maximum Gasteiger partial charge on any atom is 0.316 e. The molecule has 0 radical (unpaired) electrons. The number of esters is 1. The molecule has 1 aliphatic carbocycles. The number of H-pyrrole nitrogens is 1. The number of carbonyl (C=O) groups is 2. The summed E-state index contributed by atoms with van der Waals surface area (Å²) in [5, 5.41) is 0. The summed E-state index contributed by atoms with van der Waals surface area (Å²) >= 11 is 0. The van der Waals surface area contributed by atoms with E-state index in [-0.39, 0.29) is 17.7 Å². The minimum absolute atomic E-state index is 0.00991. The minimum atomic E-state index is -0.592. The number of aromatic nitrogens is 2. The lowest BCUT2D eigenvalue weighted by molar-refractivity contribution is -0.152. The number of aromatic amines is 1. The summed E-state index contributed by atoms with van der Waals surface area (Å²) in [5.74, 6) is -0.851. The second-order valence-corrected chi connectivity index (χ2v) is 6.28. The van der Waals surface area contributed by atoms with E-state index in [0.29, 0.717) is 19.4 Å². The van der Waals surface area contributed by atoms with Gasteiger partial charge in [-0.05, 0) is 62.3 Å². The Morgan fingerprint density at radius 3 is 2.87 bits per heavy atom. The van der Waals surface area contributed by atoms with Crippen molar-refractivity contribution in [2.75, 3.05) is 6.61 Å². The zero-order valence-corrected chi connectivity index (χ0v) is 13.8. The number of Topliss-reactive ketones (excluding diaryl/α,β-unsaturated/α-hetero) is 1. The molecule has 1 heterocycles. The van der Waals surface area contributed by atoms with Gasteiger partial charge < -0.3 is 9.72 Å². The molecule has 5 nitrogen and oxygen atoms in total. The van der Waals surface area contributed by atoms with Crippen LogP contribution in [0.4, 0.5) is 0 Å². The van der Waals surface area contributed by atoms with Crippen LogP contribution in [0.2, 0.25) is 0 Å². The average Bonchev–Trinajstić information content (AvgIpc) is 2.96. The van der Waals surface area contributed by atoms with Crippen molar-refractivity contribution < 1.29 is 14.3 Å². The van der Waals surface area contributed by atoms with Crippen LogP contribution in [0.3, 0.4) is 0 Å². The highest BCUT2D eigenvalue weighted by Crippen LogP contribution is 2.39. The Kier molecular flexibility index (Phi) is 4.20. The number of rotatable bonds is 3. The third-order valence-electron chi connectivity index (χ3n) is 4.90. The summed E-state index contributed by atoms with van der Waals surface area (Å²) in [6, 6.07) is 2.09. The Bertz CT molecular complexity index is 763. The number of ketones is 1. The summed E-state index contributed by atoms with van der Waals surface area (Å²) in [7, 11) is 0.